The van der Waals surface area contributed by atoms with Gasteiger partial charge in [0.1, 0.15) is 28.7 Å². The molecule has 5 rings (SSSR count). The second kappa shape index (κ2) is 11.4. The number of carboxylic acid groups (broad SMARTS) is 1. The third kappa shape index (κ3) is 5.90. The number of hydrogen-bond donors (Lipinski definition) is 5. The fraction of sp³-hybridized carbons (Fsp3) is 0.333. The summed E-state index contributed by atoms with van der Waals surface area (Å²) in [5.41, 5.74) is 7.01. The molecule has 0 aliphatic heterocycles. The van der Waals surface area contributed by atoms with Crippen LogP contribution in [0.15, 0.2) is 48.8 Å². The number of nitrogens with one attached hydrogen (secondary N) is 4. The fourth-order valence-corrected chi connectivity index (χ4v) is 5.56. The predicted octanol–water partition coefficient (Wildman–Crippen LogP) is 6.49. The van der Waals surface area contributed by atoms with Crippen LogP contribution in [0.5, 0.6) is 0 Å². The Morgan fingerprint density at radius 1 is 0.860 bits per heavy atom. The van der Waals surface area contributed by atoms with Gasteiger partial charge in [0.25, 0.3) is 0 Å². The lowest BCUT2D eigenvalue weighted by Gasteiger charge is -2.21. The summed E-state index contributed by atoms with van der Waals surface area (Å²) in [6, 6.07) is 12.5. The molecule has 2 aromatic heterocycles. The highest BCUT2D eigenvalue weighted by molar-refractivity contribution is 6.37. The number of benzene rings is 2. The highest BCUT2D eigenvalue weighted by Gasteiger charge is 2.29. The molecule has 43 heavy (non-hydrogen) atoms. The highest BCUT2D eigenvalue weighted by Crippen LogP contribution is 2.40. The van der Waals surface area contributed by atoms with E-state index >= 15 is 0 Å². The summed E-state index contributed by atoms with van der Waals surface area (Å²) >= 11 is 0. The molecule has 4 aromatic rings. The number of carboxylic acids is 1. The quantitative estimate of drug-likeness (QED) is 0.0934. The van der Waals surface area contributed by atoms with Crippen LogP contribution in [0, 0.1) is 10.8 Å². The molecule has 5 N–H and O–H groups in total. The van der Waals surface area contributed by atoms with Crippen molar-refractivity contribution in [3.8, 4) is 33.6 Å². The molecule has 10 heteroatoms. The Morgan fingerprint density at radius 3 is 1.74 bits per heavy atom. The maximum absolute atomic E-state index is 12.5. The van der Waals surface area contributed by atoms with Crippen LogP contribution in [0.4, 0.5) is 0 Å². The van der Waals surface area contributed by atoms with Crippen molar-refractivity contribution in [3.05, 3.63) is 71.6 Å². The number of aromatic amines is 2. The van der Waals surface area contributed by atoms with Gasteiger partial charge in [0.15, 0.2) is 0 Å². The molecule has 1 aliphatic carbocycles. The van der Waals surface area contributed by atoms with Crippen LogP contribution in [0.25, 0.3) is 33.6 Å². The van der Waals surface area contributed by atoms with Gasteiger partial charge in [-0.3, -0.25) is 10.8 Å². The second-order valence-electron chi connectivity index (χ2n) is 11.8. The van der Waals surface area contributed by atoms with Gasteiger partial charge in [0, 0.05) is 0 Å². The Balaban J connectivity index is 1.35. The minimum absolute atomic E-state index is 0.117. The molecule has 2 aromatic carbocycles. The lowest BCUT2D eigenvalue weighted by atomic mass is 9.99. The zero-order chi connectivity index (χ0) is 31.1. The number of fused-ring (bicyclic) bond motifs is 3. The van der Waals surface area contributed by atoms with E-state index in [1.54, 1.807) is 33.2 Å². The van der Waals surface area contributed by atoms with Gasteiger partial charge in [-0.05, 0) is 85.5 Å². The molecule has 10 nitrogen and oxygen atoms in total. The Hall–Kier alpha value is -4.86. The van der Waals surface area contributed by atoms with Gasteiger partial charge in [-0.1, -0.05) is 38.1 Å². The first-order valence-corrected chi connectivity index (χ1v) is 14.4. The average molecular weight is 581 g/mol. The molecule has 1 aliphatic rings. The van der Waals surface area contributed by atoms with E-state index in [4.69, 9.17) is 15.6 Å². The molecule has 0 saturated carbocycles. The Kier molecular flexibility index (Phi) is 7.88. The summed E-state index contributed by atoms with van der Waals surface area (Å²) in [7, 11) is 0. The monoisotopic (exact) mass is 580 g/mol. The molecule has 2 unspecified atom stereocenters. The third-order valence-electron chi connectivity index (χ3n) is 7.72. The van der Waals surface area contributed by atoms with Crippen molar-refractivity contribution in [2.75, 3.05) is 0 Å². The number of ether oxygens (including phenoxy) is 1. The van der Waals surface area contributed by atoms with Crippen LogP contribution in [-0.4, -0.2) is 54.0 Å². The van der Waals surface area contributed by atoms with E-state index in [0.717, 1.165) is 40.1 Å². The topological polar surface area (TPSA) is 169 Å². The molecular weight excluding hydrogens is 544 g/mol. The molecule has 0 spiro atoms. The number of nitrogens with zero attached hydrogens (tertiary/aromatic N) is 2. The van der Waals surface area contributed by atoms with Crippen molar-refractivity contribution >= 4 is 23.4 Å². The SMILES string of the molecule is CCC(C(=N)C(=O)O)c1ncc(-c2ccc3c(c2)Cc2cc(-c4cnc(C(CC)C(=N)C(=O)OC(C)(C)C)[nH]4)ccc2-3)[nH]1. The maximum atomic E-state index is 12.5. The number of rotatable bonds is 10. The van der Waals surface area contributed by atoms with Gasteiger partial charge in [-0.2, -0.15) is 0 Å². The van der Waals surface area contributed by atoms with E-state index in [1.807, 2.05) is 26.0 Å². The molecule has 0 saturated heterocycles. The van der Waals surface area contributed by atoms with Crippen LogP contribution < -0.4 is 0 Å². The molecule has 222 valence electrons. The number of carbonyl (C=O) groups excluding carboxylic acids is 1. The van der Waals surface area contributed by atoms with E-state index in [1.165, 1.54) is 11.1 Å². The number of H-pyrrole nitrogens is 2. The van der Waals surface area contributed by atoms with Crippen molar-refractivity contribution in [1.82, 2.24) is 19.9 Å². The van der Waals surface area contributed by atoms with Crippen molar-refractivity contribution in [1.29, 1.82) is 10.8 Å². The Bertz CT molecular complexity index is 1740. The predicted molar refractivity (Wildman–Crippen MR) is 165 cm³/mol. The molecule has 0 bridgehead atoms. The first kappa shape index (κ1) is 29.6. The van der Waals surface area contributed by atoms with Gasteiger partial charge in [-0.15, -0.1) is 0 Å². The normalized spacial score (nSPS) is 13.6. The van der Waals surface area contributed by atoms with Gasteiger partial charge < -0.3 is 19.8 Å². The van der Waals surface area contributed by atoms with E-state index < -0.39 is 29.4 Å². The second-order valence-corrected chi connectivity index (χ2v) is 11.8. The summed E-state index contributed by atoms with van der Waals surface area (Å²) in [5, 5.41) is 25.6. The van der Waals surface area contributed by atoms with Crippen molar-refractivity contribution in [2.45, 2.75) is 71.3 Å². The number of aliphatic carboxylic acids is 1. The van der Waals surface area contributed by atoms with Crippen molar-refractivity contribution in [3.63, 3.8) is 0 Å². The number of hydrogen-bond acceptors (Lipinski definition) is 7. The first-order valence-electron chi connectivity index (χ1n) is 14.4. The number of esters is 1. The average Bonchev–Trinajstić information content (AvgIpc) is 3.71. The molecular formula is C33H36N6O4. The lowest BCUT2D eigenvalue weighted by Crippen LogP contribution is -2.31. The van der Waals surface area contributed by atoms with Gasteiger partial charge >= 0.3 is 11.9 Å². The zero-order valence-corrected chi connectivity index (χ0v) is 25.0. The molecule has 0 fully saturated rings. The largest absolute Gasteiger partial charge is 0.477 e. The van der Waals surface area contributed by atoms with Crippen LogP contribution in [0.3, 0.4) is 0 Å². The molecule has 2 atom stereocenters. The van der Waals surface area contributed by atoms with Crippen LogP contribution >= 0.6 is 0 Å². The third-order valence-corrected chi connectivity index (χ3v) is 7.72. The van der Waals surface area contributed by atoms with Crippen LogP contribution in [0.2, 0.25) is 0 Å². The summed E-state index contributed by atoms with van der Waals surface area (Å²) in [6.45, 7) is 9.10. The number of carbonyl (C=O) groups is 2. The minimum Gasteiger partial charge on any atom is -0.477 e. The summed E-state index contributed by atoms with van der Waals surface area (Å²) in [5.74, 6) is -1.93. The standard InChI is InChI=1S/C33H36N6O4/c1-6-21(27(34)31(40)41)29-36-15-25(38-29)17-8-10-23-19(12-17)14-20-13-18(9-11-24(20)23)26-16-37-30(39-26)22(7-2)28(35)32(42)43-33(3,4)5/h8-13,15-16,21-22,34-35H,6-7,14H2,1-5H3,(H,36,38)(H,37,39)(H,40,41). The van der Waals surface area contributed by atoms with Crippen molar-refractivity contribution < 1.29 is 19.4 Å². The van der Waals surface area contributed by atoms with Crippen molar-refractivity contribution in [2.24, 2.45) is 0 Å². The summed E-state index contributed by atoms with van der Waals surface area (Å²) in [4.78, 5) is 39.4. The Labute approximate surface area is 250 Å². The van der Waals surface area contributed by atoms with Gasteiger partial charge in [0.2, 0.25) is 0 Å². The number of imidazole rings is 2. The summed E-state index contributed by atoms with van der Waals surface area (Å²) in [6.07, 6.45) is 5.17. The molecule has 2 heterocycles. The first-order chi connectivity index (χ1) is 20.4. The molecule has 0 amide bonds. The highest BCUT2D eigenvalue weighted by atomic mass is 16.6. The van der Waals surface area contributed by atoms with Crippen LogP contribution in [0.1, 0.15) is 82.1 Å². The summed E-state index contributed by atoms with van der Waals surface area (Å²) < 4.78 is 5.41. The van der Waals surface area contributed by atoms with E-state index in [9.17, 15) is 14.7 Å². The van der Waals surface area contributed by atoms with Crippen LogP contribution in [-0.2, 0) is 20.7 Å². The van der Waals surface area contributed by atoms with E-state index in [-0.39, 0.29) is 11.4 Å². The van der Waals surface area contributed by atoms with E-state index in [0.29, 0.717) is 24.5 Å². The smallest absolute Gasteiger partial charge is 0.353 e. The lowest BCUT2D eigenvalue weighted by molar-refractivity contribution is -0.146. The number of aromatic nitrogens is 4. The van der Waals surface area contributed by atoms with Gasteiger partial charge in [0.05, 0.1) is 35.6 Å². The van der Waals surface area contributed by atoms with Gasteiger partial charge in [-0.25, -0.2) is 19.6 Å². The zero-order valence-electron chi connectivity index (χ0n) is 25.0. The van der Waals surface area contributed by atoms with E-state index in [2.05, 4.69) is 44.2 Å². The Morgan fingerprint density at radius 2 is 1.33 bits per heavy atom. The fourth-order valence-electron chi connectivity index (χ4n) is 5.56. The molecule has 0 radical (unpaired) electrons. The maximum Gasteiger partial charge on any atom is 0.353 e. The minimum atomic E-state index is -1.24.